The van der Waals surface area contributed by atoms with Crippen molar-refractivity contribution >= 4 is 17.1 Å². The van der Waals surface area contributed by atoms with E-state index in [4.69, 9.17) is 4.74 Å². The molecule has 0 saturated carbocycles. The summed E-state index contributed by atoms with van der Waals surface area (Å²) in [4.78, 5) is 17.0. The molecule has 1 aliphatic rings. The Morgan fingerprint density at radius 3 is 2.86 bits per heavy atom. The number of Topliss-reactive ketones (excluding diaryl/α,β-unsaturated/α-hetero) is 1. The Balaban J connectivity index is 2.21. The van der Waals surface area contributed by atoms with E-state index < -0.39 is 0 Å². The number of ether oxygens (including phenoxy) is 1. The van der Waals surface area contributed by atoms with Crippen LogP contribution in [0.5, 0.6) is 0 Å². The van der Waals surface area contributed by atoms with Crippen molar-refractivity contribution in [2.75, 3.05) is 13.2 Å². The van der Waals surface area contributed by atoms with E-state index in [0.29, 0.717) is 13.2 Å². The molecule has 14 heavy (non-hydrogen) atoms. The van der Waals surface area contributed by atoms with Crippen LogP contribution in [0, 0.1) is 19.8 Å². The lowest BCUT2D eigenvalue weighted by molar-refractivity contribution is 0.0903. The second-order valence-electron chi connectivity index (χ2n) is 3.57. The highest BCUT2D eigenvalue weighted by atomic mass is 32.1. The zero-order chi connectivity index (χ0) is 10.1. The summed E-state index contributed by atoms with van der Waals surface area (Å²) in [5.41, 5.74) is 0.865. The van der Waals surface area contributed by atoms with Crippen LogP contribution in [0.15, 0.2) is 0 Å². The normalized spacial score (nSPS) is 21.4. The molecule has 2 rings (SSSR count). The Morgan fingerprint density at radius 1 is 1.57 bits per heavy atom. The summed E-state index contributed by atoms with van der Waals surface area (Å²) in [7, 11) is 0. The number of nitrogens with zero attached hydrogens (tertiary/aromatic N) is 1. The highest BCUT2D eigenvalue weighted by molar-refractivity contribution is 7.13. The van der Waals surface area contributed by atoms with Gasteiger partial charge in [0.1, 0.15) is 0 Å². The van der Waals surface area contributed by atoms with Crippen LogP contribution in [0.2, 0.25) is 0 Å². The lowest BCUT2D eigenvalue weighted by Crippen LogP contribution is -2.14. The van der Waals surface area contributed by atoms with Crippen LogP contribution in [-0.2, 0) is 4.74 Å². The molecular formula is C10H13NO2S. The molecule has 0 amide bonds. The molecule has 3 nitrogen and oxygen atoms in total. The van der Waals surface area contributed by atoms with Gasteiger partial charge >= 0.3 is 0 Å². The first-order valence-corrected chi connectivity index (χ1v) is 5.56. The number of carbonyl (C=O) groups excluding carboxylic acids is 1. The number of aryl methyl sites for hydroxylation is 2. The highest BCUT2D eigenvalue weighted by Crippen LogP contribution is 2.24. The van der Waals surface area contributed by atoms with Crippen molar-refractivity contribution in [1.29, 1.82) is 0 Å². The number of ketones is 1. The second kappa shape index (κ2) is 3.79. The van der Waals surface area contributed by atoms with Gasteiger partial charge in [-0.1, -0.05) is 0 Å². The van der Waals surface area contributed by atoms with Gasteiger partial charge in [-0.25, -0.2) is 4.98 Å². The fraction of sp³-hybridized carbons (Fsp3) is 0.600. The first-order chi connectivity index (χ1) is 6.68. The molecular weight excluding hydrogens is 198 g/mol. The van der Waals surface area contributed by atoms with Crippen LogP contribution in [-0.4, -0.2) is 24.0 Å². The van der Waals surface area contributed by atoms with Gasteiger partial charge in [0.15, 0.2) is 5.78 Å². The molecule has 0 aliphatic carbocycles. The molecule has 0 spiro atoms. The van der Waals surface area contributed by atoms with Crippen LogP contribution < -0.4 is 0 Å². The molecule has 1 fully saturated rings. The minimum Gasteiger partial charge on any atom is -0.381 e. The number of carbonyl (C=O) groups is 1. The van der Waals surface area contributed by atoms with Gasteiger partial charge in [-0.05, 0) is 20.3 Å². The molecule has 1 aromatic heterocycles. The zero-order valence-corrected chi connectivity index (χ0v) is 9.19. The van der Waals surface area contributed by atoms with Crippen molar-refractivity contribution in [2.45, 2.75) is 20.3 Å². The van der Waals surface area contributed by atoms with Crippen molar-refractivity contribution in [1.82, 2.24) is 4.98 Å². The van der Waals surface area contributed by atoms with Gasteiger partial charge in [-0.2, -0.15) is 0 Å². The second-order valence-corrected chi connectivity index (χ2v) is 4.78. The maximum Gasteiger partial charge on any atom is 0.180 e. The third kappa shape index (κ3) is 1.72. The Hall–Kier alpha value is -0.740. The van der Waals surface area contributed by atoms with E-state index >= 15 is 0 Å². The zero-order valence-electron chi connectivity index (χ0n) is 8.37. The average Bonchev–Trinajstić information content (AvgIpc) is 2.73. The molecule has 1 aromatic rings. The smallest absolute Gasteiger partial charge is 0.180 e. The predicted molar refractivity (Wildman–Crippen MR) is 54.8 cm³/mol. The van der Waals surface area contributed by atoms with Crippen molar-refractivity contribution in [3.63, 3.8) is 0 Å². The van der Waals surface area contributed by atoms with E-state index in [1.165, 1.54) is 11.3 Å². The van der Waals surface area contributed by atoms with Gasteiger partial charge in [-0.15, -0.1) is 11.3 Å². The molecule has 4 heteroatoms. The Bertz CT molecular complexity index is 353. The van der Waals surface area contributed by atoms with Crippen LogP contribution in [0.1, 0.15) is 26.8 Å². The van der Waals surface area contributed by atoms with Gasteiger partial charge in [0, 0.05) is 12.5 Å². The number of thiazole rings is 1. The fourth-order valence-electron chi connectivity index (χ4n) is 1.69. The van der Waals surface area contributed by atoms with E-state index in [1.807, 2.05) is 13.8 Å². The average molecular weight is 211 g/mol. The molecule has 2 heterocycles. The Kier molecular flexibility index (Phi) is 2.65. The van der Waals surface area contributed by atoms with Crippen LogP contribution in [0.4, 0.5) is 0 Å². The fourth-order valence-corrected chi connectivity index (χ4v) is 2.63. The van der Waals surface area contributed by atoms with E-state index in [9.17, 15) is 4.79 Å². The number of hydrogen-bond donors (Lipinski definition) is 0. The van der Waals surface area contributed by atoms with Gasteiger partial charge in [0.05, 0.1) is 22.2 Å². The summed E-state index contributed by atoms with van der Waals surface area (Å²) in [6, 6.07) is 0. The van der Waals surface area contributed by atoms with Crippen molar-refractivity contribution in [3.05, 3.63) is 15.6 Å². The standard InChI is InChI=1S/C10H13NO2S/c1-6-10(14-7(2)11-6)9(12)8-3-4-13-5-8/h8H,3-5H2,1-2H3. The molecule has 1 saturated heterocycles. The van der Waals surface area contributed by atoms with E-state index in [2.05, 4.69) is 4.98 Å². The third-order valence-electron chi connectivity index (χ3n) is 2.43. The Labute approximate surface area is 87.1 Å². The molecule has 0 N–H and O–H groups in total. The maximum absolute atomic E-state index is 12.0. The molecule has 1 aliphatic heterocycles. The van der Waals surface area contributed by atoms with Crippen LogP contribution in [0.25, 0.3) is 0 Å². The van der Waals surface area contributed by atoms with Crippen LogP contribution >= 0.6 is 11.3 Å². The first kappa shape index (κ1) is 9.80. The summed E-state index contributed by atoms with van der Waals surface area (Å²) < 4.78 is 5.21. The molecule has 0 bridgehead atoms. The van der Waals surface area contributed by atoms with Gasteiger partial charge in [-0.3, -0.25) is 4.79 Å². The van der Waals surface area contributed by atoms with Gasteiger partial charge < -0.3 is 4.74 Å². The SMILES string of the molecule is Cc1nc(C)c(C(=O)C2CCOC2)s1. The van der Waals surface area contributed by atoms with Crippen LogP contribution in [0.3, 0.4) is 0 Å². The minimum atomic E-state index is 0.0635. The summed E-state index contributed by atoms with van der Waals surface area (Å²) in [6.07, 6.45) is 0.856. The lowest BCUT2D eigenvalue weighted by Gasteiger charge is -2.03. The van der Waals surface area contributed by atoms with Gasteiger partial charge in [0.2, 0.25) is 0 Å². The number of rotatable bonds is 2. The molecule has 0 radical (unpaired) electrons. The van der Waals surface area contributed by atoms with E-state index in [-0.39, 0.29) is 11.7 Å². The first-order valence-electron chi connectivity index (χ1n) is 4.74. The monoisotopic (exact) mass is 211 g/mol. The third-order valence-corrected chi connectivity index (χ3v) is 3.52. The molecule has 76 valence electrons. The lowest BCUT2D eigenvalue weighted by atomic mass is 10.0. The quantitative estimate of drug-likeness (QED) is 0.702. The predicted octanol–water partition coefficient (Wildman–Crippen LogP) is 1.98. The van der Waals surface area contributed by atoms with Gasteiger partial charge in [0.25, 0.3) is 0 Å². The Morgan fingerprint density at radius 2 is 2.36 bits per heavy atom. The van der Waals surface area contributed by atoms with Crippen molar-refractivity contribution < 1.29 is 9.53 Å². The summed E-state index contributed by atoms with van der Waals surface area (Å²) in [5, 5.41) is 0.963. The molecule has 1 atom stereocenters. The molecule has 0 aromatic carbocycles. The number of aromatic nitrogens is 1. The molecule has 1 unspecified atom stereocenters. The minimum absolute atomic E-state index is 0.0635. The number of hydrogen-bond acceptors (Lipinski definition) is 4. The largest absolute Gasteiger partial charge is 0.381 e. The summed E-state index contributed by atoms with van der Waals surface area (Å²) in [6.45, 7) is 5.12. The van der Waals surface area contributed by atoms with Crippen molar-refractivity contribution in [2.24, 2.45) is 5.92 Å². The van der Waals surface area contributed by atoms with E-state index in [0.717, 1.165) is 22.0 Å². The van der Waals surface area contributed by atoms with E-state index in [1.54, 1.807) is 0 Å². The summed E-state index contributed by atoms with van der Waals surface area (Å²) in [5.74, 6) is 0.277. The maximum atomic E-state index is 12.0. The highest BCUT2D eigenvalue weighted by Gasteiger charge is 2.27. The topological polar surface area (TPSA) is 39.2 Å². The van der Waals surface area contributed by atoms with Crippen molar-refractivity contribution in [3.8, 4) is 0 Å². The summed E-state index contributed by atoms with van der Waals surface area (Å²) >= 11 is 1.49.